The van der Waals surface area contributed by atoms with E-state index < -0.39 is 17.0 Å². The molecule has 0 bridgehead atoms. The molecular weight excluding hydrogens is 371 g/mol. The van der Waals surface area contributed by atoms with Crippen molar-refractivity contribution in [2.24, 2.45) is 0 Å². The minimum absolute atomic E-state index is 0.0125. The van der Waals surface area contributed by atoms with Gasteiger partial charge in [-0.3, -0.25) is 19.3 Å². The molecule has 0 aromatic heterocycles. The minimum atomic E-state index is -0.586. The van der Waals surface area contributed by atoms with Crippen molar-refractivity contribution >= 4 is 34.9 Å². The summed E-state index contributed by atoms with van der Waals surface area (Å²) in [6.07, 6.45) is 4.48. The van der Waals surface area contributed by atoms with Crippen LogP contribution in [-0.4, -0.2) is 57.7 Å². The van der Waals surface area contributed by atoms with E-state index in [2.05, 4.69) is 0 Å². The first-order valence-corrected chi connectivity index (χ1v) is 9.73. The van der Waals surface area contributed by atoms with Gasteiger partial charge in [0.2, 0.25) is 5.91 Å². The zero-order valence-corrected chi connectivity index (χ0v) is 15.6. The Bertz CT molecular complexity index is 781. The molecule has 0 saturated carbocycles. The Balaban J connectivity index is 1.72. The van der Waals surface area contributed by atoms with E-state index in [4.69, 9.17) is 0 Å². The van der Waals surface area contributed by atoms with E-state index in [1.165, 1.54) is 18.2 Å². The average Bonchev–Trinajstić information content (AvgIpc) is 2.92. The Morgan fingerprint density at radius 2 is 2.07 bits per heavy atom. The van der Waals surface area contributed by atoms with Crippen LogP contribution >= 0.6 is 11.8 Å². The van der Waals surface area contributed by atoms with Crippen LogP contribution in [0.3, 0.4) is 0 Å². The number of aliphatic hydroxyl groups excluding tert-OH is 1. The third kappa shape index (κ3) is 4.39. The Morgan fingerprint density at radius 3 is 2.81 bits per heavy atom. The Morgan fingerprint density at radius 1 is 1.30 bits per heavy atom. The summed E-state index contributed by atoms with van der Waals surface area (Å²) in [4.78, 5) is 40.1. The maximum Gasteiger partial charge on any atom is 0.294 e. The van der Waals surface area contributed by atoms with Crippen molar-refractivity contribution in [3.8, 4) is 0 Å². The summed E-state index contributed by atoms with van der Waals surface area (Å²) in [5.41, 5.74) is 0.216. The number of likely N-dealkylation sites (tertiary alicyclic amines) is 1. The number of imide groups is 1. The number of nitrogens with zero attached hydrogens (tertiary/aromatic N) is 2. The predicted molar refractivity (Wildman–Crippen MR) is 100 cm³/mol. The Hall–Kier alpha value is -2.19. The molecule has 3 amide bonds. The van der Waals surface area contributed by atoms with E-state index in [1.54, 1.807) is 17.0 Å². The number of rotatable bonds is 5. The number of hydrogen-bond donors (Lipinski definition) is 1. The summed E-state index contributed by atoms with van der Waals surface area (Å²) in [7, 11) is 0. The van der Waals surface area contributed by atoms with Crippen molar-refractivity contribution in [2.45, 2.75) is 31.7 Å². The largest absolute Gasteiger partial charge is 0.396 e. The molecule has 144 valence electrons. The second kappa shape index (κ2) is 8.67. The van der Waals surface area contributed by atoms with Crippen LogP contribution in [0.2, 0.25) is 0 Å². The van der Waals surface area contributed by atoms with E-state index in [0.29, 0.717) is 24.7 Å². The number of carbonyl (C=O) groups excluding carboxylic acids is 3. The highest BCUT2D eigenvalue weighted by Gasteiger charge is 2.38. The van der Waals surface area contributed by atoms with Gasteiger partial charge >= 0.3 is 0 Å². The van der Waals surface area contributed by atoms with Gasteiger partial charge in [0.15, 0.2) is 0 Å². The first-order valence-electron chi connectivity index (χ1n) is 8.91. The molecule has 0 unspecified atom stereocenters. The summed E-state index contributed by atoms with van der Waals surface area (Å²) in [5.74, 6) is -1.37. The fourth-order valence-electron chi connectivity index (χ4n) is 3.37. The highest BCUT2D eigenvalue weighted by Crippen LogP contribution is 2.33. The van der Waals surface area contributed by atoms with Gasteiger partial charge in [-0.05, 0) is 49.6 Å². The summed E-state index contributed by atoms with van der Waals surface area (Å²) < 4.78 is 13.8. The molecule has 2 aliphatic rings. The number of benzene rings is 1. The number of halogens is 1. The van der Waals surface area contributed by atoms with E-state index in [-0.39, 0.29) is 35.6 Å². The maximum absolute atomic E-state index is 13.8. The van der Waals surface area contributed by atoms with Crippen LogP contribution in [0.15, 0.2) is 29.2 Å². The van der Waals surface area contributed by atoms with Crippen molar-refractivity contribution in [1.82, 2.24) is 9.80 Å². The number of aliphatic hydroxyl groups is 1. The molecule has 1 atom stereocenters. The highest BCUT2D eigenvalue weighted by atomic mass is 32.2. The van der Waals surface area contributed by atoms with Crippen LogP contribution in [0.4, 0.5) is 9.18 Å². The van der Waals surface area contributed by atoms with E-state index in [0.717, 1.165) is 24.2 Å². The Kier molecular flexibility index (Phi) is 6.28. The van der Waals surface area contributed by atoms with Crippen molar-refractivity contribution in [1.29, 1.82) is 0 Å². The lowest BCUT2D eigenvalue weighted by atomic mass is 9.99. The SMILES string of the molecule is O=C1S/C(=C\c2ccccc2F)C(=O)N1CC(=O)N1CCCC[C@H]1CCO. The first kappa shape index (κ1) is 19.6. The Labute approximate surface area is 161 Å². The summed E-state index contributed by atoms with van der Waals surface area (Å²) in [6, 6.07) is 5.91. The van der Waals surface area contributed by atoms with Gasteiger partial charge in [-0.15, -0.1) is 0 Å². The molecule has 1 aromatic rings. The molecule has 1 N–H and O–H groups in total. The van der Waals surface area contributed by atoms with Gasteiger partial charge in [0, 0.05) is 24.8 Å². The van der Waals surface area contributed by atoms with Gasteiger partial charge in [0.25, 0.3) is 11.1 Å². The average molecular weight is 392 g/mol. The van der Waals surface area contributed by atoms with Crippen LogP contribution in [0.5, 0.6) is 0 Å². The predicted octanol–water partition coefficient (Wildman–Crippen LogP) is 2.63. The number of piperidine rings is 1. The molecule has 27 heavy (non-hydrogen) atoms. The van der Waals surface area contributed by atoms with Gasteiger partial charge in [0.1, 0.15) is 12.4 Å². The number of hydrogen-bond acceptors (Lipinski definition) is 5. The lowest BCUT2D eigenvalue weighted by molar-refractivity contribution is -0.139. The van der Waals surface area contributed by atoms with E-state index in [1.807, 2.05) is 0 Å². The van der Waals surface area contributed by atoms with Crippen LogP contribution in [0.1, 0.15) is 31.2 Å². The molecule has 8 heteroatoms. The van der Waals surface area contributed by atoms with E-state index >= 15 is 0 Å². The molecule has 3 rings (SSSR count). The van der Waals surface area contributed by atoms with Crippen LogP contribution < -0.4 is 0 Å². The third-order valence-electron chi connectivity index (χ3n) is 4.77. The number of amides is 3. The molecule has 0 spiro atoms. The molecule has 1 aromatic carbocycles. The lowest BCUT2D eigenvalue weighted by Gasteiger charge is -2.36. The topological polar surface area (TPSA) is 77.9 Å². The molecule has 0 aliphatic carbocycles. The van der Waals surface area contributed by atoms with Crippen molar-refractivity contribution < 1.29 is 23.9 Å². The summed E-state index contributed by atoms with van der Waals surface area (Å²) in [5, 5.41) is 8.65. The molecule has 2 fully saturated rings. The molecule has 2 heterocycles. The van der Waals surface area contributed by atoms with Gasteiger partial charge in [-0.1, -0.05) is 18.2 Å². The lowest BCUT2D eigenvalue weighted by Crippen LogP contribution is -2.49. The van der Waals surface area contributed by atoms with Crippen molar-refractivity contribution in [3.63, 3.8) is 0 Å². The molecule has 0 radical (unpaired) electrons. The van der Waals surface area contributed by atoms with Crippen LogP contribution in [0.25, 0.3) is 6.08 Å². The number of thioether (sulfide) groups is 1. The standard InChI is InChI=1S/C19H21FN2O4S/c20-15-7-2-1-5-13(15)11-16-18(25)22(19(26)27-16)12-17(24)21-9-4-3-6-14(21)8-10-23/h1-2,5,7,11,14,23H,3-4,6,8-10,12H2/b16-11-/t14-/m0/s1. The van der Waals surface area contributed by atoms with E-state index in [9.17, 15) is 23.9 Å². The van der Waals surface area contributed by atoms with Gasteiger partial charge in [0.05, 0.1) is 4.91 Å². The fourth-order valence-corrected chi connectivity index (χ4v) is 4.20. The summed E-state index contributed by atoms with van der Waals surface area (Å²) in [6.45, 7) is 0.216. The second-order valence-electron chi connectivity index (χ2n) is 6.54. The van der Waals surface area contributed by atoms with Gasteiger partial charge < -0.3 is 10.0 Å². The van der Waals surface area contributed by atoms with Gasteiger partial charge in [-0.25, -0.2) is 4.39 Å². The molecule has 2 aliphatic heterocycles. The number of carbonyl (C=O) groups is 3. The smallest absolute Gasteiger partial charge is 0.294 e. The van der Waals surface area contributed by atoms with Crippen molar-refractivity contribution in [3.05, 3.63) is 40.6 Å². The molecule has 6 nitrogen and oxygen atoms in total. The highest BCUT2D eigenvalue weighted by molar-refractivity contribution is 8.18. The van der Waals surface area contributed by atoms with Crippen LogP contribution in [0, 0.1) is 5.82 Å². The fraction of sp³-hybridized carbons (Fsp3) is 0.421. The van der Waals surface area contributed by atoms with Crippen molar-refractivity contribution in [2.75, 3.05) is 19.7 Å². The zero-order valence-electron chi connectivity index (χ0n) is 14.8. The summed E-state index contributed by atoms with van der Waals surface area (Å²) >= 11 is 0.706. The normalized spacial score (nSPS) is 22.0. The maximum atomic E-state index is 13.8. The molecule has 2 saturated heterocycles. The monoisotopic (exact) mass is 392 g/mol. The van der Waals surface area contributed by atoms with Crippen LogP contribution in [-0.2, 0) is 9.59 Å². The zero-order chi connectivity index (χ0) is 19.4. The third-order valence-corrected chi connectivity index (χ3v) is 5.68. The quantitative estimate of drug-likeness (QED) is 0.780. The van der Waals surface area contributed by atoms with Gasteiger partial charge in [-0.2, -0.15) is 0 Å². The minimum Gasteiger partial charge on any atom is -0.396 e. The first-order chi connectivity index (χ1) is 13.0. The molecular formula is C19H21FN2O4S. The second-order valence-corrected chi connectivity index (χ2v) is 7.53.